The smallest absolute Gasteiger partial charge is 0.328 e. The zero-order valence-electron chi connectivity index (χ0n) is 10.5. The summed E-state index contributed by atoms with van der Waals surface area (Å²) in [5, 5.41) is 2.29. The molecule has 1 aromatic rings. The summed E-state index contributed by atoms with van der Waals surface area (Å²) in [7, 11) is 0. The number of imide groups is 1. The first-order valence-corrected chi connectivity index (χ1v) is 6.11. The Morgan fingerprint density at radius 1 is 1.26 bits per heavy atom. The lowest BCUT2D eigenvalue weighted by Gasteiger charge is -2.26. The molecular weight excluding hydrogens is 242 g/mol. The van der Waals surface area contributed by atoms with Crippen molar-refractivity contribution in [1.82, 2.24) is 5.32 Å². The molecule has 0 saturated carbocycles. The molecule has 1 aromatic carbocycles. The summed E-state index contributed by atoms with van der Waals surface area (Å²) in [6.07, 6.45) is 0.988. The molecule has 1 aliphatic heterocycles. The Bertz CT molecular complexity index is 540. The number of nitrogens with two attached hydrogens (primary N) is 1. The number of urea groups is 1. The lowest BCUT2D eigenvalue weighted by Crippen LogP contribution is -2.49. The standard InChI is InChI=1S/C14H15N3O2/c15-9-2-1-3-11-4-6-12(7-5-11)17-10-8-13(18)16-14(17)19/h4-7H,2,8-10,15H2,(H,16,18,19). The molecule has 2 rings (SSSR count). The van der Waals surface area contributed by atoms with Crippen LogP contribution < -0.4 is 16.0 Å². The first kappa shape index (κ1) is 13.1. The van der Waals surface area contributed by atoms with E-state index in [-0.39, 0.29) is 11.9 Å². The molecule has 1 saturated heterocycles. The zero-order chi connectivity index (χ0) is 13.7. The summed E-state index contributed by atoms with van der Waals surface area (Å²) in [6, 6.07) is 6.97. The Morgan fingerprint density at radius 2 is 2.00 bits per heavy atom. The van der Waals surface area contributed by atoms with Gasteiger partial charge in [0.2, 0.25) is 5.91 Å². The fourth-order valence-corrected chi connectivity index (χ4v) is 1.77. The van der Waals surface area contributed by atoms with Gasteiger partial charge in [0.1, 0.15) is 0 Å². The predicted molar refractivity (Wildman–Crippen MR) is 72.5 cm³/mol. The summed E-state index contributed by atoms with van der Waals surface area (Å²) in [6.45, 7) is 0.954. The van der Waals surface area contributed by atoms with Crippen LogP contribution in [0.2, 0.25) is 0 Å². The van der Waals surface area contributed by atoms with E-state index in [9.17, 15) is 9.59 Å². The highest BCUT2D eigenvalue weighted by molar-refractivity contribution is 6.05. The largest absolute Gasteiger partial charge is 0.330 e. The number of nitrogens with zero attached hydrogens (tertiary/aromatic N) is 1. The van der Waals surface area contributed by atoms with Gasteiger partial charge in [0.15, 0.2) is 0 Å². The van der Waals surface area contributed by atoms with Gasteiger partial charge in [0.05, 0.1) is 0 Å². The highest BCUT2D eigenvalue weighted by Gasteiger charge is 2.23. The quantitative estimate of drug-likeness (QED) is 0.771. The van der Waals surface area contributed by atoms with Crippen molar-refractivity contribution < 1.29 is 9.59 Å². The lowest BCUT2D eigenvalue weighted by atomic mass is 10.2. The third-order valence-electron chi connectivity index (χ3n) is 2.74. The van der Waals surface area contributed by atoms with E-state index in [1.54, 1.807) is 4.90 Å². The minimum Gasteiger partial charge on any atom is -0.330 e. The third kappa shape index (κ3) is 3.33. The molecule has 5 heteroatoms. The highest BCUT2D eigenvalue weighted by Crippen LogP contribution is 2.17. The van der Waals surface area contributed by atoms with E-state index in [1.165, 1.54) is 0 Å². The molecule has 0 aromatic heterocycles. The van der Waals surface area contributed by atoms with Gasteiger partial charge in [0, 0.05) is 37.2 Å². The summed E-state index contributed by atoms with van der Waals surface area (Å²) in [4.78, 5) is 24.3. The number of nitrogens with one attached hydrogen (secondary N) is 1. The molecule has 19 heavy (non-hydrogen) atoms. The molecule has 1 aliphatic rings. The van der Waals surface area contributed by atoms with Gasteiger partial charge in [-0.25, -0.2) is 4.79 Å². The molecule has 1 heterocycles. The molecule has 5 nitrogen and oxygen atoms in total. The topological polar surface area (TPSA) is 75.4 Å². The number of amides is 3. The second-order valence-corrected chi connectivity index (χ2v) is 4.14. The molecular formula is C14H15N3O2. The Hall–Kier alpha value is -2.32. The van der Waals surface area contributed by atoms with Crippen molar-refractivity contribution in [2.24, 2.45) is 5.73 Å². The van der Waals surface area contributed by atoms with Gasteiger partial charge >= 0.3 is 6.03 Å². The maximum atomic E-state index is 11.7. The van der Waals surface area contributed by atoms with Crippen molar-refractivity contribution in [2.75, 3.05) is 18.0 Å². The molecule has 0 unspecified atom stereocenters. The van der Waals surface area contributed by atoms with Crippen LogP contribution in [0.25, 0.3) is 0 Å². The van der Waals surface area contributed by atoms with Crippen molar-refractivity contribution in [3.8, 4) is 11.8 Å². The number of carbonyl (C=O) groups is 2. The number of carbonyl (C=O) groups excluding carboxylic acids is 2. The van der Waals surface area contributed by atoms with Crippen LogP contribution in [0.3, 0.4) is 0 Å². The van der Waals surface area contributed by atoms with Gasteiger partial charge in [-0.1, -0.05) is 11.8 Å². The maximum Gasteiger partial charge on any atom is 0.328 e. The molecule has 0 atom stereocenters. The van der Waals surface area contributed by atoms with Crippen molar-refractivity contribution in [1.29, 1.82) is 0 Å². The van der Waals surface area contributed by atoms with Crippen LogP contribution in [0.15, 0.2) is 24.3 Å². The van der Waals surface area contributed by atoms with E-state index >= 15 is 0 Å². The van der Waals surface area contributed by atoms with Crippen LogP contribution >= 0.6 is 0 Å². The summed E-state index contributed by atoms with van der Waals surface area (Å²) >= 11 is 0. The van der Waals surface area contributed by atoms with E-state index in [1.807, 2.05) is 24.3 Å². The van der Waals surface area contributed by atoms with E-state index in [4.69, 9.17) is 5.73 Å². The van der Waals surface area contributed by atoms with Gasteiger partial charge in [-0.3, -0.25) is 15.0 Å². The number of rotatable bonds is 2. The van der Waals surface area contributed by atoms with E-state index in [2.05, 4.69) is 17.2 Å². The Balaban J connectivity index is 2.08. The Labute approximate surface area is 111 Å². The minimum atomic E-state index is -0.377. The van der Waals surface area contributed by atoms with Crippen LogP contribution in [0.4, 0.5) is 10.5 Å². The summed E-state index contributed by atoms with van der Waals surface area (Å²) < 4.78 is 0. The molecule has 3 amide bonds. The van der Waals surface area contributed by atoms with E-state index < -0.39 is 0 Å². The maximum absolute atomic E-state index is 11.7. The average Bonchev–Trinajstić information content (AvgIpc) is 2.40. The van der Waals surface area contributed by atoms with E-state index in [0.29, 0.717) is 25.9 Å². The van der Waals surface area contributed by atoms with Gasteiger partial charge in [0.25, 0.3) is 0 Å². The number of anilines is 1. The first-order chi connectivity index (χ1) is 9.20. The molecule has 0 spiro atoms. The SMILES string of the molecule is NCCC#Cc1ccc(N2CCC(=O)NC2=O)cc1. The third-order valence-corrected chi connectivity index (χ3v) is 2.74. The molecule has 0 aliphatic carbocycles. The van der Waals surface area contributed by atoms with Crippen molar-refractivity contribution in [3.05, 3.63) is 29.8 Å². The fourth-order valence-electron chi connectivity index (χ4n) is 1.77. The Morgan fingerprint density at radius 3 is 2.63 bits per heavy atom. The highest BCUT2D eigenvalue weighted by atomic mass is 16.2. The van der Waals surface area contributed by atoms with Crippen LogP contribution in [0.1, 0.15) is 18.4 Å². The van der Waals surface area contributed by atoms with Gasteiger partial charge in [-0.15, -0.1) is 0 Å². The van der Waals surface area contributed by atoms with Gasteiger partial charge in [-0.2, -0.15) is 0 Å². The monoisotopic (exact) mass is 257 g/mol. The number of benzene rings is 1. The van der Waals surface area contributed by atoms with Crippen molar-refractivity contribution in [2.45, 2.75) is 12.8 Å². The van der Waals surface area contributed by atoms with Crippen LogP contribution in [-0.2, 0) is 4.79 Å². The van der Waals surface area contributed by atoms with Crippen molar-refractivity contribution >= 4 is 17.6 Å². The number of hydrogen-bond donors (Lipinski definition) is 2. The summed E-state index contributed by atoms with van der Waals surface area (Å²) in [5.41, 5.74) is 7.00. The molecule has 1 fully saturated rings. The Kier molecular flexibility index (Phi) is 4.16. The molecule has 0 bridgehead atoms. The number of hydrogen-bond acceptors (Lipinski definition) is 3. The normalized spacial score (nSPS) is 14.7. The fraction of sp³-hybridized carbons (Fsp3) is 0.286. The predicted octanol–water partition coefficient (Wildman–Crippen LogP) is 0.833. The van der Waals surface area contributed by atoms with Crippen LogP contribution in [0.5, 0.6) is 0 Å². The van der Waals surface area contributed by atoms with Crippen LogP contribution in [0, 0.1) is 11.8 Å². The molecule has 98 valence electrons. The second-order valence-electron chi connectivity index (χ2n) is 4.14. The first-order valence-electron chi connectivity index (χ1n) is 6.11. The van der Waals surface area contributed by atoms with Crippen molar-refractivity contribution in [3.63, 3.8) is 0 Å². The second kappa shape index (κ2) is 6.03. The lowest BCUT2D eigenvalue weighted by molar-refractivity contribution is -0.120. The zero-order valence-corrected chi connectivity index (χ0v) is 10.5. The molecule has 0 radical (unpaired) electrons. The van der Waals surface area contributed by atoms with E-state index in [0.717, 1.165) is 11.3 Å². The van der Waals surface area contributed by atoms with Gasteiger partial charge < -0.3 is 5.73 Å². The summed E-state index contributed by atoms with van der Waals surface area (Å²) in [5.74, 6) is 5.71. The molecule has 3 N–H and O–H groups in total. The minimum absolute atomic E-state index is 0.231. The average molecular weight is 257 g/mol. The van der Waals surface area contributed by atoms with Crippen LogP contribution in [-0.4, -0.2) is 25.0 Å². The van der Waals surface area contributed by atoms with Gasteiger partial charge in [-0.05, 0) is 24.3 Å².